The first kappa shape index (κ1) is 24.8. The number of carbonyl (C=O) groups is 1. The van der Waals surface area contributed by atoms with Crippen LogP contribution >= 0.6 is 31.9 Å². The van der Waals surface area contributed by atoms with E-state index < -0.39 is 12.2 Å². The van der Waals surface area contributed by atoms with E-state index in [9.17, 15) is 4.79 Å². The zero-order valence-electron chi connectivity index (χ0n) is 20.5. The molecule has 3 aromatic carbocycles. The minimum Gasteiger partial charge on any atom is -0.493 e. The van der Waals surface area contributed by atoms with Crippen molar-refractivity contribution in [2.75, 3.05) is 7.11 Å². The molecule has 3 heterocycles. The molecule has 2 atom stereocenters. The third-order valence-corrected chi connectivity index (χ3v) is 7.66. The van der Waals surface area contributed by atoms with Gasteiger partial charge in [-0.1, -0.05) is 33.6 Å². The molecule has 0 saturated heterocycles. The second-order valence-corrected chi connectivity index (χ2v) is 10.8. The highest BCUT2D eigenvalue weighted by Gasteiger charge is 2.42. The average Bonchev–Trinajstić information content (AvgIpc) is 3.60. The lowest BCUT2D eigenvalue weighted by Crippen LogP contribution is -2.33. The molecule has 1 aromatic heterocycles. The van der Waals surface area contributed by atoms with E-state index in [1.807, 2.05) is 60.5 Å². The zero-order valence-corrected chi connectivity index (χ0v) is 23.7. The Morgan fingerprint density at radius 2 is 1.89 bits per heavy atom. The first-order valence-electron chi connectivity index (χ1n) is 11.9. The second kappa shape index (κ2) is 9.96. The molecule has 0 fully saturated rings. The van der Waals surface area contributed by atoms with Crippen LogP contribution in [0.4, 0.5) is 0 Å². The van der Waals surface area contributed by atoms with Gasteiger partial charge in [0.15, 0.2) is 11.5 Å². The van der Waals surface area contributed by atoms with Crippen LogP contribution in [0.5, 0.6) is 17.2 Å². The highest BCUT2D eigenvalue weighted by molar-refractivity contribution is 9.10. The van der Waals surface area contributed by atoms with Crippen molar-refractivity contribution in [3.05, 3.63) is 110 Å². The summed E-state index contributed by atoms with van der Waals surface area (Å²) in [5, 5.41) is 6.87. The van der Waals surface area contributed by atoms with Crippen LogP contribution in [-0.2, 0) is 0 Å². The zero-order chi connectivity index (χ0) is 26.4. The van der Waals surface area contributed by atoms with Crippen LogP contribution in [0.2, 0.25) is 0 Å². The van der Waals surface area contributed by atoms with Gasteiger partial charge in [-0.25, -0.2) is 9.80 Å². The van der Waals surface area contributed by atoms with Crippen LogP contribution in [0.1, 0.15) is 51.5 Å². The van der Waals surface area contributed by atoms with Gasteiger partial charge >= 0.3 is 5.97 Å². The van der Waals surface area contributed by atoms with Crippen molar-refractivity contribution in [1.29, 1.82) is 0 Å². The summed E-state index contributed by atoms with van der Waals surface area (Å²) in [6.45, 7) is 1.96. The topological polar surface area (TPSA) is 73.5 Å². The number of ether oxygens (including phenoxy) is 3. The summed E-state index contributed by atoms with van der Waals surface area (Å²) in [7, 11) is 1.54. The predicted octanol–water partition coefficient (Wildman–Crippen LogP) is 7.58. The van der Waals surface area contributed by atoms with Crippen molar-refractivity contribution in [1.82, 2.24) is 5.01 Å². The van der Waals surface area contributed by atoms with Gasteiger partial charge in [-0.05, 0) is 77.5 Å². The summed E-state index contributed by atoms with van der Waals surface area (Å²) >= 11 is 7.17. The third kappa shape index (κ3) is 4.50. The van der Waals surface area contributed by atoms with Gasteiger partial charge < -0.3 is 18.6 Å². The average molecular weight is 638 g/mol. The Morgan fingerprint density at radius 3 is 2.63 bits per heavy atom. The number of hydrogen-bond acceptors (Lipinski definition) is 7. The highest BCUT2D eigenvalue weighted by Crippen LogP contribution is 2.50. The number of benzene rings is 3. The summed E-state index contributed by atoms with van der Waals surface area (Å²) < 4.78 is 25.1. The second-order valence-electron chi connectivity index (χ2n) is 9.07. The summed E-state index contributed by atoms with van der Waals surface area (Å²) in [5.41, 5.74) is 4.18. The van der Waals surface area contributed by atoms with Gasteiger partial charge in [0.1, 0.15) is 17.2 Å². The first-order valence-corrected chi connectivity index (χ1v) is 13.5. The molecule has 7 nitrogen and oxygen atoms in total. The third-order valence-electron chi connectivity index (χ3n) is 6.58. The van der Waals surface area contributed by atoms with Crippen LogP contribution in [0.25, 0.3) is 0 Å². The van der Waals surface area contributed by atoms with Crippen LogP contribution in [0.3, 0.4) is 0 Å². The number of nitrogens with zero attached hydrogens (tertiary/aromatic N) is 2. The number of fused-ring (bicyclic) bond motifs is 3. The molecular formula is C29H22Br2N2O5. The van der Waals surface area contributed by atoms with Crippen molar-refractivity contribution in [2.45, 2.75) is 25.6 Å². The van der Waals surface area contributed by atoms with E-state index in [4.69, 9.17) is 23.7 Å². The maximum atomic E-state index is 12.8. The molecule has 0 radical (unpaired) electrons. The van der Waals surface area contributed by atoms with Gasteiger partial charge in [-0.15, -0.1) is 0 Å². The van der Waals surface area contributed by atoms with Gasteiger partial charge in [-0.2, -0.15) is 5.10 Å². The van der Waals surface area contributed by atoms with Gasteiger partial charge in [0.25, 0.3) is 0 Å². The van der Waals surface area contributed by atoms with E-state index in [0.717, 1.165) is 38.4 Å². The van der Waals surface area contributed by atoms with Crippen LogP contribution < -0.4 is 14.2 Å². The molecule has 2 aliphatic rings. The number of esters is 1. The minimum atomic E-state index is -0.548. The van der Waals surface area contributed by atoms with Crippen molar-refractivity contribution in [3.8, 4) is 17.2 Å². The van der Waals surface area contributed by atoms with E-state index in [2.05, 4.69) is 37.9 Å². The van der Waals surface area contributed by atoms with Gasteiger partial charge in [-0.3, -0.25) is 0 Å². The predicted molar refractivity (Wildman–Crippen MR) is 149 cm³/mol. The number of hydrogen-bond donors (Lipinski definition) is 0. The molecule has 9 heteroatoms. The molecule has 4 aromatic rings. The Bertz CT molecular complexity index is 1550. The SMILES string of the molecule is COc1cc([C@H]2Oc3ccc(Br)cc3[C@H]3CC(c4ccco4)=NN32)cc(Br)c1OC(=O)c1ccc(C)cc1. The molecule has 38 heavy (non-hydrogen) atoms. The van der Waals surface area contributed by atoms with E-state index in [1.54, 1.807) is 18.4 Å². The van der Waals surface area contributed by atoms with Crippen molar-refractivity contribution >= 4 is 43.5 Å². The van der Waals surface area contributed by atoms with Crippen molar-refractivity contribution < 1.29 is 23.4 Å². The Kier molecular flexibility index (Phi) is 6.49. The lowest BCUT2D eigenvalue weighted by atomic mass is 9.97. The molecule has 0 N–H and O–H groups in total. The van der Waals surface area contributed by atoms with Crippen LogP contribution in [0, 0.1) is 6.92 Å². The molecule has 0 aliphatic carbocycles. The Balaban J connectivity index is 1.37. The number of methoxy groups -OCH3 is 1. The van der Waals surface area contributed by atoms with E-state index in [0.29, 0.717) is 28.0 Å². The smallest absolute Gasteiger partial charge is 0.343 e. The maximum absolute atomic E-state index is 12.8. The number of carbonyl (C=O) groups excluding carboxylic acids is 1. The number of halogens is 2. The standard InChI is InChI=1S/C29H22Br2N2O5/c1-16-5-7-17(8-6-16)29(34)38-27-21(31)12-18(13-26(27)35-2)28-33-23(15-22(32-33)25-4-3-11-36-25)20-14-19(30)9-10-24(20)37-28/h3-14,23,28H,15H2,1-2H3/t23-,28-/m1/s1. The lowest BCUT2D eigenvalue weighted by Gasteiger charge is -2.38. The highest BCUT2D eigenvalue weighted by atomic mass is 79.9. The molecule has 2 aliphatic heterocycles. The molecule has 0 unspecified atom stereocenters. The molecule has 0 bridgehead atoms. The summed E-state index contributed by atoms with van der Waals surface area (Å²) in [4.78, 5) is 12.8. The molecule has 0 saturated carbocycles. The Labute approximate surface area is 236 Å². The lowest BCUT2D eigenvalue weighted by molar-refractivity contribution is -0.0192. The van der Waals surface area contributed by atoms with E-state index in [-0.39, 0.29) is 6.04 Å². The monoisotopic (exact) mass is 636 g/mol. The number of aryl methyl sites for hydroxylation is 1. The summed E-state index contributed by atoms with van der Waals surface area (Å²) in [5.74, 6) is 1.72. The fourth-order valence-electron chi connectivity index (χ4n) is 4.69. The van der Waals surface area contributed by atoms with E-state index >= 15 is 0 Å². The maximum Gasteiger partial charge on any atom is 0.343 e. The molecule has 6 rings (SSSR count). The summed E-state index contributed by atoms with van der Waals surface area (Å²) in [6.07, 6.45) is 1.77. The number of hydrazone groups is 1. The normalized spacial score (nSPS) is 17.8. The van der Waals surface area contributed by atoms with E-state index in [1.165, 1.54) is 7.11 Å². The van der Waals surface area contributed by atoms with Gasteiger partial charge in [0.05, 0.1) is 29.5 Å². The van der Waals surface area contributed by atoms with Gasteiger partial charge in [0.2, 0.25) is 6.23 Å². The number of rotatable bonds is 5. The molecule has 192 valence electrons. The van der Waals surface area contributed by atoms with Gasteiger partial charge in [0, 0.05) is 22.0 Å². The molecule has 0 spiro atoms. The summed E-state index contributed by atoms with van der Waals surface area (Å²) in [6, 6.07) is 20.6. The molecular weight excluding hydrogens is 616 g/mol. The number of furan rings is 1. The Morgan fingerprint density at radius 1 is 1.08 bits per heavy atom. The Hall–Kier alpha value is -3.56. The van der Waals surface area contributed by atoms with Crippen molar-refractivity contribution in [3.63, 3.8) is 0 Å². The van der Waals surface area contributed by atoms with Crippen LogP contribution in [0.15, 0.2) is 91.5 Å². The molecule has 0 amide bonds. The quantitative estimate of drug-likeness (QED) is 0.166. The largest absolute Gasteiger partial charge is 0.493 e. The fourth-order valence-corrected chi connectivity index (χ4v) is 5.61. The first-order chi connectivity index (χ1) is 18.4. The minimum absolute atomic E-state index is 0.0508. The fraction of sp³-hybridized carbons (Fsp3) is 0.172. The van der Waals surface area contributed by atoms with Crippen LogP contribution in [-0.4, -0.2) is 23.8 Å². The van der Waals surface area contributed by atoms with Crippen molar-refractivity contribution in [2.24, 2.45) is 5.10 Å².